The smallest absolute Gasteiger partial charge is 0.335 e. The summed E-state index contributed by atoms with van der Waals surface area (Å²) in [5.41, 5.74) is 3.12. The third-order valence-corrected chi connectivity index (χ3v) is 3.98. The molecule has 1 N–H and O–H groups in total. The number of aromatic carboxylic acids is 1. The van der Waals surface area contributed by atoms with E-state index in [4.69, 9.17) is 5.11 Å². The quantitative estimate of drug-likeness (QED) is 0.884. The molecule has 0 aliphatic carbocycles. The van der Waals surface area contributed by atoms with E-state index in [9.17, 15) is 9.59 Å². The molecule has 128 valence electrons. The molecule has 6 heteroatoms. The number of carbonyl (C=O) groups excluding carboxylic acids is 1. The van der Waals surface area contributed by atoms with Crippen LogP contribution in [0.25, 0.3) is 0 Å². The van der Waals surface area contributed by atoms with Crippen LogP contribution in [-0.2, 0) is 11.3 Å². The number of aryl methyl sites for hydroxylation is 2. The van der Waals surface area contributed by atoms with Crippen LogP contribution in [0, 0.1) is 13.8 Å². The van der Waals surface area contributed by atoms with Crippen molar-refractivity contribution in [2.24, 2.45) is 0 Å². The van der Waals surface area contributed by atoms with Crippen molar-refractivity contribution in [3.05, 3.63) is 52.8 Å². The number of rotatable bonds is 6. The molecule has 0 radical (unpaired) electrons. The molecule has 0 bridgehead atoms. The molecule has 2 aromatic rings. The van der Waals surface area contributed by atoms with E-state index >= 15 is 0 Å². The normalized spacial score (nSPS) is 12.0. The van der Waals surface area contributed by atoms with Crippen LogP contribution in [0.1, 0.15) is 46.7 Å². The molecule has 1 atom stereocenters. The van der Waals surface area contributed by atoms with Crippen molar-refractivity contribution in [3.63, 3.8) is 0 Å². The molecule has 0 aliphatic heterocycles. The van der Waals surface area contributed by atoms with Gasteiger partial charge in [0.05, 0.1) is 17.3 Å². The van der Waals surface area contributed by atoms with Crippen LogP contribution in [0.3, 0.4) is 0 Å². The third-order valence-electron chi connectivity index (χ3n) is 3.98. The second kappa shape index (κ2) is 7.29. The Hall–Kier alpha value is -2.63. The molecule has 1 amide bonds. The average Bonchev–Trinajstić information content (AvgIpc) is 2.86. The standard InChI is InChI=1S/C18H23N3O3/c1-12-9-13(2)21(19-12)14(3)10-17(22)20(4)11-15-5-7-16(8-6-15)18(23)24/h5-9,14H,10-11H2,1-4H3,(H,23,24). The monoisotopic (exact) mass is 329 g/mol. The third kappa shape index (κ3) is 4.22. The maximum atomic E-state index is 12.4. The van der Waals surface area contributed by atoms with Crippen LogP contribution < -0.4 is 0 Å². The summed E-state index contributed by atoms with van der Waals surface area (Å²) >= 11 is 0. The second-order valence-electron chi connectivity index (χ2n) is 6.18. The molecule has 0 saturated heterocycles. The van der Waals surface area contributed by atoms with Gasteiger partial charge in [0.15, 0.2) is 0 Å². The number of carboxylic acids is 1. The van der Waals surface area contributed by atoms with Crippen LogP contribution in [0.4, 0.5) is 0 Å². The number of aromatic nitrogens is 2. The van der Waals surface area contributed by atoms with Crippen LogP contribution in [0.5, 0.6) is 0 Å². The first-order valence-electron chi connectivity index (χ1n) is 7.87. The molecule has 1 aromatic heterocycles. The van der Waals surface area contributed by atoms with E-state index < -0.39 is 5.97 Å². The number of amides is 1. The molecule has 0 aliphatic rings. The zero-order valence-corrected chi connectivity index (χ0v) is 14.5. The number of carboxylic acid groups (broad SMARTS) is 1. The van der Waals surface area contributed by atoms with E-state index in [0.717, 1.165) is 17.0 Å². The van der Waals surface area contributed by atoms with Crippen molar-refractivity contribution in [1.29, 1.82) is 0 Å². The van der Waals surface area contributed by atoms with Gasteiger partial charge in [-0.1, -0.05) is 12.1 Å². The van der Waals surface area contributed by atoms with Gasteiger partial charge in [-0.3, -0.25) is 9.48 Å². The molecule has 1 unspecified atom stereocenters. The fraction of sp³-hybridized carbons (Fsp3) is 0.389. The molecular weight excluding hydrogens is 306 g/mol. The summed E-state index contributed by atoms with van der Waals surface area (Å²) in [5.74, 6) is -0.929. The Morgan fingerprint density at radius 1 is 1.25 bits per heavy atom. The van der Waals surface area contributed by atoms with Crippen LogP contribution in [-0.4, -0.2) is 38.7 Å². The van der Waals surface area contributed by atoms with Crippen LogP contribution in [0.2, 0.25) is 0 Å². The van der Waals surface area contributed by atoms with E-state index in [1.807, 2.05) is 31.5 Å². The Morgan fingerprint density at radius 2 is 1.88 bits per heavy atom. The van der Waals surface area contributed by atoms with Gasteiger partial charge in [0, 0.05) is 25.7 Å². The highest BCUT2D eigenvalue weighted by atomic mass is 16.4. The molecule has 1 aromatic carbocycles. The lowest BCUT2D eigenvalue weighted by Gasteiger charge is -2.21. The Bertz CT molecular complexity index is 734. The van der Waals surface area contributed by atoms with Gasteiger partial charge < -0.3 is 10.0 Å². The highest BCUT2D eigenvalue weighted by Crippen LogP contribution is 2.16. The van der Waals surface area contributed by atoms with E-state index in [0.29, 0.717) is 13.0 Å². The number of nitrogens with zero attached hydrogens (tertiary/aromatic N) is 3. The Morgan fingerprint density at radius 3 is 2.38 bits per heavy atom. The first-order chi connectivity index (χ1) is 11.3. The number of hydrogen-bond acceptors (Lipinski definition) is 3. The lowest BCUT2D eigenvalue weighted by molar-refractivity contribution is -0.131. The maximum Gasteiger partial charge on any atom is 0.335 e. The van der Waals surface area contributed by atoms with Crippen molar-refractivity contribution in [2.75, 3.05) is 7.05 Å². The lowest BCUT2D eigenvalue weighted by atomic mass is 10.1. The predicted octanol–water partition coefficient (Wildman–Crippen LogP) is 2.81. The Labute approximate surface area is 141 Å². The van der Waals surface area contributed by atoms with Gasteiger partial charge in [-0.05, 0) is 44.5 Å². The minimum Gasteiger partial charge on any atom is -0.478 e. The average molecular weight is 329 g/mol. The summed E-state index contributed by atoms with van der Waals surface area (Å²) in [6.07, 6.45) is 0.367. The number of hydrogen-bond donors (Lipinski definition) is 1. The molecular formula is C18H23N3O3. The fourth-order valence-corrected chi connectivity index (χ4v) is 2.70. The van der Waals surface area contributed by atoms with Crippen molar-refractivity contribution in [1.82, 2.24) is 14.7 Å². The maximum absolute atomic E-state index is 12.4. The predicted molar refractivity (Wildman–Crippen MR) is 90.9 cm³/mol. The minimum atomic E-state index is -0.954. The molecule has 6 nitrogen and oxygen atoms in total. The fourth-order valence-electron chi connectivity index (χ4n) is 2.70. The minimum absolute atomic E-state index is 0.0111. The van der Waals surface area contributed by atoms with Gasteiger partial charge in [0.2, 0.25) is 5.91 Å². The van der Waals surface area contributed by atoms with Gasteiger partial charge in [-0.15, -0.1) is 0 Å². The molecule has 0 spiro atoms. The summed E-state index contributed by atoms with van der Waals surface area (Å²) < 4.78 is 1.88. The molecule has 24 heavy (non-hydrogen) atoms. The SMILES string of the molecule is Cc1cc(C)n(C(C)CC(=O)N(C)Cc2ccc(C(=O)O)cc2)n1. The largest absolute Gasteiger partial charge is 0.478 e. The number of benzene rings is 1. The highest BCUT2D eigenvalue weighted by molar-refractivity contribution is 5.87. The van der Waals surface area contributed by atoms with Gasteiger partial charge in [-0.2, -0.15) is 5.10 Å². The molecule has 0 saturated carbocycles. The zero-order chi connectivity index (χ0) is 17.9. The topological polar surface area (TPSA) is 75.4 Å². The van der Waals surface area contributed by atoms with Crippen LogP contribution >= 0.6 is 0 Å². The van der Waals surface area contributed by atoms with Crippen molar-refractivity contribution >= 4 is 11.9 Å². The van der Waals surface area contributed by atoms with Gasteiger partial charge >= 0.3 is 5.97 Å². The van der Waals surface area contributed by atoms with Crippen LogP contribution in [0.15, 0.2) is 30.3 Å². The molecule has 0 fully saturated rings. The van der Waals surface area contributed by atoms with E-state index in [1.54, 1.807) is 36.2 Å². The van der Waals surface area contributed by atoms with E-state index in [1.165, 1.54) is 0 Å². The van der Waals surface area contributed by atoms with Gasteiger partial charge in [0.1, 0.15) is 0 Å². The second-order valence-corrected chi connectivity index (χ2v) is 6.18. The van der Waals surface area contributed by atoms with Crippen molar-refractivity contribution in [3.8, 4) is 0 Å². The first kappa shape index (κ1) is 17.7. The van der Waals surface area contributed by atoms with Gasteiger partial charge in [-0.25, -0.2) is 4.79 Å². The summed E-state index contributed by atoms with van der Waals surface area (Å²) in [4.78, 5) is 24.9. The Balaban J connectivity index is 1.96. The first-order valence-corrected chi connectivity index (χ1v) is 7.87. The van der Waals surface area contributed by atoms with Crippen molar-refractivity contribution < 1.29 is 14.7 Å². The molecule has 2 rings (SSSR count). The van der Waals surface area contributed by atoms with Crippen molar-refractivity contribution in [2.45, 2.75) is 39.8 Å². The summed E-state index contributed by atoms with van der Waals surface area (Å²) in [7, 11) is 1.75. The summed E-state index contributed by atoms with van der Waals surface area (Å²) in [6, 6.07) is 8.55. The van der Waals surface area contributed by atoms with E-state index in [-0.39, 0.29) is 17.5 Å². The lowest BCUT2D eigenvalue weighted by Crippen LogP contribution is -2.28. The van der Waals surface area contributed by atoms with Gasteiger partial charge in [0.25, 0.3) is 0 Å². The van der Waals surface area contributed by atoms with E-state index in [2.05, 4.69) is 5.10 Å². The summed E-state index contributed by atoms with van der Waals surface area (Å²) in [5, 5.41) is 13.3. The molecule has 1 heterocycles. The number of carbonyl (C=O) groups is 2. The Kier molecular flexibility index (Phi) is 5.39. The zero-order valence-electron chi connectivity index (χ0n) is 14.5. The highest BCUT2D eigenvalue weighted by Gasteiger charge is 2.17. The summed E-state index contributed by atoms with van der Waals surface area (Å²) in [6.45, 7) is 6.34.